The second kappa shape index (κ2) is 3.06. The molecule has 0 spiro atoms. The van der Waals surface area contributed by atoms with Gasteiger partial charge in [-0.1, -0.05) is 17.2 Å². The molecular weight excluding hydrogens is 208 g/mol. The number of rotatable bonds is 1. The van der Waals surface area contributed by atoms with E-state index in [-0.39, 0.29) is 11.7 Å². The van der Waals surface area contributed by atoms with Crippen molar-refractivity contribution in [2.45, 2.75) is 6.92 Å². The predicted octanol–water partition coefficient (Wildman–Crippen LogP) is 1.01. The molecule has 2 aromatic heterocycles. The van der Waals surface area contributed by atoms with E-state index in [1.54, 1.807) is 6.92 Å². The van der Waals surface area contributed by atoms with Gasteiger partial charge in [0.2, 0.25) is 5.89 Å². The topological polar surface area (TPSA) is 76.7 Å². The van der Waals surface area contributed by atoms with E-state index in [4.69, 9.17) is 4.42 Å². The Kier molecular flexibility index (Phi) is 1.70. The van der Waals surface area contributed by atoms with E-state index in [1.807, 2.05) is 24.3 Å². The van der Waals surface area contributed by atoms with Crippen LogP contribution < -0.4 is 5.69 Å². The van der Waals surface area contributed by atoms with Gasteiger partial charge in [0.05, 0.1) is 11.0 Å². The molecule has 3 rings (SSSR count). The predicted molar refractivity (Wildman–Crippen MR) is 56.5 cm³/mol. The lowest BCUT2D eigenvalue weighted by Crippen LogP contribution is -2.14. The van der Waals surface area contributed by atoms with Gasteiger partial charge in [-0.25, -0.2) is 9.36 Å². The molecular formula is C10H8N4O2. The summed E-state index contributed by atoms with van der Waals surface area (Å²) in [5, 5.41) is 7.53. The van der Waals surface area contributed by atoms with Gasteiger partial charge in [-0.2, -0.15) is 0 Å². The standard InChI is InChI=1S/C10H8N4O2/c1-6-12-13-10(16-6)14-8-5-3-2-4-7(8)11-9(14)15/h2-5H,1H3,(H,11,15). The average Bonchev–Trinajstić information content (AvgIpc) is 2.80. The average molecular weight is 216 g/mol. The molecule has 6 heteroatoms. The van der Waals surface area contributed by atoms with E-state index >= 15 is 0 Å². The molecule has 0 unspecified atom stereocenters. The van der Waals surface area contributed by atoms with Gasteiger partial charge in [-0.05, 0) is 12.1 Å². The van der Waals surface area contributed by atoms with E-state index in [0.717, 1.165) is 11.0 Å². The number of nitrogens with zero attached hydrogens (tertiary/aromatic N) is 3. The zero-order valence-corrected chi connectivity index (χ0v) is 8.47. The van der Waals surface area contributed by atoms with Crippen LogP contribution in [0.3, 0.4) is 0 Å². The monoisotopic (exact) mass is 216 g/mol. The van der Waals surface area contributed by atoms with Crippen LogP contribution in [-0.2, 0) is 0 Å². The van der Waals surface area contributed by atoms with E-state index in [1.165, 1.54) is 4.57 Å². The van der Waals surface area contributed by atoms with Crippen molar-refractivity contribution in [3.8, 4) is 6.01 Å². The van der Waals surface area contributed by atoms with Crippen molar-refractivity contribution in [2.75, 3.05) is 0 Å². The Labute approximate surface area is 89.5 Å². The molecule has 80 valence electrons. The number of hydrogen-bond acceptors (Lipinski definition) is 4. The molecule has 0 aliphatic carbocycles. The molecule has 0 fully saturated rings. The van der Waals surface area contributed by atoms with Crippen LogP contribution in [0.1, 0.15) is 5.89 Å². The minimum atomic E-state index is -0.287. The normalized spacial score (nSPS) is 11.1. The maximum Gasteiger partial charge on any atom is 0.334 e. The number of aromatic nitrogens is 4. The molecule has 6 nitrogen and oxygen atoms in total. The molecule has 1 N–H and O–H groups in total. The van der Waals surface area contributed by atoms with E-state index < -0.39 is 0 Å². The number of fused-ring (bicyclic) bond motifs is 1. The van der Waals surface area contributed by atoms with Gasteiger partial charge in [-0.3, -0.25) is 0 Å². The lowest BCUT2D eigenvalue weighted by atomic mass is 10.3. The largest absolute Gasteiger partial charge is 0.408 e. The number of benzene rings is 1. The van der Waals surface area contributed by atoms with E-state index in [2.05, 4.69) is 15.2 Å². The molecule has 0 radical (unpaired) electrons. The van der Waals surface area contributed by atoms with E-state index in [9.17, 15) is 4.79 Å². The van der Waals surface area contributed by atoms with Gasteiger partial charge in [0.25, 0.3) is 0 Å². The molecule has 2 heterocycles. The second-order valence-electron chi connectivity index (χ2n) is 3.39. The number of nitrogens with one attached hydrogen (secondary N) is 1. The first-order valence-electron chi connectivity index (χ1n) is 4.76. The van der Waals surface area contributed by atoms with Gasteiger partial charge < -0.3 is 9.40 Å². The molecule has 0 atom stereocenters. The quantitative estimate of drug-likeness (QED) is 0.658. The molecule has 0 saturated heterocycles. The SMILES string of the molecule is Cc1nnc(-n2c(=O)[nH]c3ccccc32)o1. The molecule has 3 aromatic rings. The van der Waals surface area contributed by atoms with Crippen LogP contribution in [0.2, 0.25) is 0 Å². The van der Waals surface area contributed by atoms with Crippen molar-refractivity contribution in [1.29, 1.82) is 0 Å². The Morgan fingerprint density at radius 1 is 1.31 bits per heavy atom. The Hall–Kier alpha value is -2.37. The van der Waals surface area contributed by atoms with Crippen LogP contribution in [0.4, 0.5) is 0 Å². The van der Waals surface area contributed by atoms with Gasteiger partial charge in [0.15, 0.2) is 0 Å². The highest BCUT2D eigenvalue weighted by molar-refractivity contribution is 5.76. The summed E-state index contributed by atoms with van der Waals surface area (Å²) >= 11 is 0. The fraction of sp³-hybridized carbons (Fsp3) is 0.100. The maximum absolute atomic E-state index is 11.7. The van der Waals surface area contributed by atoms with Crippen LogP contribution in [-0.4, -0.2) is 19.7 Å². The van der Waals surface area contributed by atoms with Crippen LogP contribution in [0.5, 0.6) is 0 Å². The van der Waals surface area contributed by atoms with Crippen LogP contribution in [0, 0.1) is 6.92 Å². The Bertz CT molecular complexity index is 707. The summed E-state index contributed by atoms with van der Waals surface area (Å²) in [5.41, 5.74) is 1.17. The third-order valence-corrected chi connectivity index (χ3v) is 2.30. The molecule has 0 bridgehead atoms. The van der Waals surface area contributed by atoms with Crippen LogP contribution >= 0.6 is 0 Å². The van der Waals surface area contributed by atoms with Gasteiger partial charge in [0, 0.05) is 6.92 Å². The summed E-state index contributed by atoms with van der Waals surface area (Å²) in [7, 11) is 0. The zero-order chi connectivity index (χ0) is 11.1. The van der Waals surface area contributed by atoms with Crippen molar-refractivity contribution in [2.24, 2.45) is 0 Å². The molecule has 0 aliphatic heterocycles. The first-order valence-corrected chi connectivity index (χ1v) is 4.76. The fourth-order valence-electron chi connectivity index (χ4n) is 1.62. The van der Waals surface area contributed by atoms with Crippen molar-refractivity contribution in [3.05, 3.63) is 40.6 Å². The number of aryl methyl sites for hydroxylation is 1. The first kappa shape index (κ1) is 8.90. The van der Waals surface area contributed by atoms with Crippen LogP contribution in [0.15, 0.2) is 33.5 Å². The zero-order valence-electron chi connectivity index (χ0n) is 8.47. The Morgan fingerprint density at radius 3 is 2.88 bits per heavy atom. The molecule has 0 amide bonds. The van der Waals surface area contributed by atoms with Crippen molar-refractivity contribution >= 4 is 11.0 Å². The minimum absolute atomic E-state index is 0.181. The van der Waals surface area contributed by atoms with E-state index in [0.29, 0.717) is 5.89 Å². The van der Waals surface area contributed by atoms with Crippen molar-refractivity contribution < 1.29 is 4.42 Å². The second-order valence-corrected chi connectivity index (χ2v) is 3.39. The van der Waals surface area contributed by atoms with Crippen LogP contribution in [0.25, 0.3) is 17.0 Å². The highest BCUT2D eigenvalue weighted by Crippen LogP contribution is 2.13. The summed E-state index contributed by atoms with van der Waals surface area (Å²) in [6.07, 6.45) is 0. The van der Waals surface area contributed by atoms with Gasteiger partial charge >= 0.3 is 11.7 Å². The van der Waals surface area contributed by atoms with Crippen molar-refractivity contribution in [1.82, 2.24) is 19.7 Å². The van der Waals surface area contributed by atoms with Gasteiger partial charge in [-0.15, -0.1) is 5.10 Å². The highest BCUT2D eigenvalue weighted by Gasteiger charge is 2.12. The summed E-state index contributed by atoms with van der Waals surface area (Å²) in [4.78, 5) is 14.4. The lowest BCUT2D eigenvalue weighted by Gasteiger charge is -1.94. The fourth-order valence-corrected chi connectivity index (χ4v) is 1.62. The lowest BCUT2D eigenvalue weighted by molar-refractivity contribution is 0.495. The summed E-state index contributed by atoms with van der Waals surface area (Å²) in [5.74, 6) is 0.423. The third kappa shape index (κ3) is 1.16. The molecule has 1 aromatic carbocycles. The smallest absolute Gasteiger partial charge is 0.334 e. The third-order valence-electron chi connectivity index (χ3n) is 2.30. The number of imidazole rings is 1. The Balaban J connectivity index is 2.39. The van der Waals surface area contributed by atoms with Crippen molar-refractivity contribution in [3.63, 3.8) is 0 Å². The number of para-hydroxylation sites is 2. The first-order chi connectivity index (χ1) is 7.75. The highest BCUT2D eigenvalue weighted by atomic mass is 16.4. The molecule has 0 aliphatic rings. The summed E-state index contributed by atoms with van der Waals surface area (Å²) in [6.45, 7) is 1.68. The number of H-pyrrole nitrogens is 1. The Morgan fingerprint density at radius 2 is 2.12 bits per heavy atom. The number of aromatic amines is 1. The molecule has 0 saturated carbocycles. The van der Waals surface area contributed by atoms with Gasteiger partial charge in [0.1, 0.15) is 0 Å². The maximum atomic E-state index is 11.7. The summed E-state index contributed by atoms with van der Waals surface area (Å²) in [6, 6.07) is 7.50. The number of hydrogen-bond donors (Lipinski definition) is 1. The summed E-state index contributed by atoms with van der Waals surface area (Å²) < 4.78 is 6.59. The molecule has 16 heavy (non-hydrogen) atoms. The minimum Gasteiger partial charge on any atom is -0.408 e.